The number of unbranched alkanes of at least 4 members (excludes halogenated alkanes) is 4. The Hall–Kier alpha value is -2.10. The van der Waals surface area contributed by atoms with E-state index in [2.05, 4.69) is 19.1 Å². The molecule has 0 bridgehead atoms. The largest absolute Gasteiger partial charge is 0.459 e. The topological polar surface area (TPSA) is 52.6 Å². The zero-order chi connectivity index (χ0) is 20.2. The predicted molar refractivity (Wildman–Crippen MR) is 111 cm³/mol. The zero-order valence-electron chi connectivity index (χ0n) is 17.3. The number of benzene rings is 1. The van der Waals surface area contributed by atoms with Crippen LogP contribution >= 0.6 is 0 Å². The monoisotopic (exact) mass is 386 g/mol. The van der Waals surface area contributed by atoms with Crippen LogP contribution in [-0.4, -0.2) is 18.0 Å². The summed E-state index contributed by atoms with van der Waals surface area (Å²) in [5.41, 5.74) is 1.29. The van der Waals surface area contributed by atoms with Gasteiger partial charge in [-0.1, -0.05) is 50.8 Å². The summed E-state index contributed by atoms with van der Waals surface area (Å²) in [5.74, 6) is 0.0146. The van der Waals surface area contributed by atoms with E-state index in [-0.39, 0.29) is 24.0 Å². The fourth-order valence-electron chi connectivity index (χ4n) is 3.61. The molecule has 1 aliphatic rings. The number of aryl methyl sites for hydroxylation is 1. The van der Waals surface area contributed by atoms with Crippen molar-refractivity contribution in [1.29, 1.82) is 0 Å². The van der Waals surface area contributed by atoms with Gasteiger partial charge >= 0.3 is 11.9 Å². The van der Waals surface area contributed by atoms with Crippen molar-refractivity contribution in [3.05, 3.63) is 42.0 Å². The van der Waals surface area contributed by atoms with Gasteiger partial charge in [0.1, 0.15) is 11.9 Å². The summed E-state index contributed by atoms with van der Waals surface area (Å²) >= 11 is 0. The molecule has 0 unspecified atom stereocenters. The third kappa shape index (κ3) is 7.87. The van der Waals surface area contributed by atoms with Crippen molar-refractivity contribution >= 4 is 11.9 Å². The lowest BCUT2D eigenvalue weighted by Gasteiger charge is -2.26. The van der Waals surface area contributed by atoms with Gasteiger partial charge in [-0.15, -0.1) is 0 Å². The van der Waals surface area contributed by atoms with Gasteiger partial charge in [-0.2, -0.15) is 0 Å². The van der Waals surface area contributed by atoms with Crippen LogP contribution < -0.4 is 4.74 Å². The molecular weight excluding hydrogens is 352 g/mol. The quantitative estimate of drug-likeness (QED) is 0.221. The van der Waals surface area contributed by atoms with E-state index in [1.165, 1.54) is 43.7 Å². The molecule has 154 valence electrons. The van der Waals surface area contributed by atoms with Crippen molar-refractivity contribution in [3.63, 3.8) is 0 Å². The standard InChI is InChI=1S/C24H34O4/c1-3-5-6-7-8-10-19-11-15-22(16-12-19)28-24(26)20-13-17-21(18-14-20)27-23(25)9-4-2/h4,9,11-12,15-16,20-21H,3,5-8,10,13-14,17-18H2,1-2H3/t20-,21-. The Morgan fingerprint density at radius 1 is 1.00 bits per heavy atom. The fraction of sp³-hybridized carbons (Fsp3) is 0.583. The lowest BCUT2D eigenvalue weighted by atomic mass is 9.87. The SMILES string of the molecule is CC=CC(=O)O[C@H]1CC[C@H](C(=O)Oc2ccc(CCCCCCC)cc2)CC1. The second-order valence-electron chi connectivity index (χ2n) is 7.64. The number of carbonyl (C=O) groups excluding carboxylic acids is 2. The fourth-order valence-corrected chi connectivity index (χ4v) is 3.61. The van der Waals surface area contributed by atoms with Gasteiger partial charge in [0, 0.05) is 6.08 Å². The molecule has 0 amide bonds. The maximum atomic E-state index is 12.4. The first-order valence-corrected chi connectivity index (χ1v) is 10.8. The first kappa shape index (κ1) is 22.2. The van der Waals surface area contributed by atoms with Crippen molar-refractivity contribution in [3.8, 4) is 5.75 Å². The molecule has 0 spiro atoms. The normalized spacial score (nSPS) is 19.5. The molecule has 1 saturated carbocycles. The van der Waals surface area contributed by atoms with Crippen molar-refractivity contribution < 1.29 is 19.1 Å². The minimum Gasteiger partial charge on any atom is -0.459 e. The predicted octanol–water partition coefficient (Wildman–Crippen LogP) is 5.78. The molecule has 0 N–H and O–H groups in total. The number of allylic oxidation sites excluding steroid dienone is 1. The number of ether oxygens (including phenoxy) is 2. The van der Waals surface area contributed by atoms with E-state index < -0.39 is 0 Å². The van der Waals surface area contributed by atoms with E-state index >= 15 is 0 Å². The van der Waals surface area contributed by atoms with Crippen LogP contribution in [-0.2, 0) is 20.7 Å². The van der Waals surface area contributed by atoms with E-state index in [9.17, 15) is 9.59 Å². The smallest absolute Gasteiger partial charge is 0.330 e. The van der Waals surface area contributed by atoms with Crippen molar-refractivity contribution in [2.45, 2.75) is 84.2 Å². The zero-order valence-corrected chi connectivity index (χ0v) is 17.3. The van der Waals surface area contributed by atoms with Crippen LogP contribution in [0.2, 0.25) is 0 Å². The van der Waals surface area contributed by atoms with Crippen molar-refractivity contribution in [2.75, 3.05) is 0 Å². The molecule has 0 atom stereocenters. The van der Waals surface area contributed by atoms with Crippen LogP contribution in [0.4, 0.5) is 0 Å². The van der Waals surface area contributed by atoms with E-state index in [4.69, 9.17) is 9.47 Å². The second kappa shape index (κ2) is 12.4. The number of carbonyl (C=O) groups is 2. The molecule has 0 saturated heterocycles. The molecule has 2 rings (SSSR count). The molecule has 0 aromatic heterocycles. The molecule has 4 heteroatoms. The Bertz CT molecular complexity index is 625. The molecule has 1 aliphatic carbocycles. The second-order valence-corrected chi connectivity index (χ2v) is 7.64. The molecular formula is C24H34O4. The summed E-state index contributed by atoms with van der Waals surface area (Å²) in [7, 11) is 0. The van der Waals surface area contributed by atoms with Crippen LogP contribution in [0.1, 0.15) is 77.2 Å². The number of esters is 2. The Labute approximate surface area is 169 Å². The molecule has 1 aromatic rings. The molecule has 1 aromatic carbocycles. The minimum atomic E-state index is -0.307. The highest BCUT2D eigenvalue weighted by Crippen LogP contribution is 2.28. The first-order valence-electron chi connectivity index (χ1n) is 10.8. The van der Waals surface area contributed by atoms with Crippen LogP contribution in [0.5, 0.6) is 5.75 Å². The maximum absolute atomic E-state index is 12.4. The summed E-state index contributed by atoms with van der Waals surface area (Å²) < 4.78 is 10.9. The van der Waals surface area contributed by atoms with Crippen LogP contribution in [0, 0.1) is 5.92 Å². The third-order valence-electron chi connectivity index (χ3n) is 5.30. The number of rotatable bonds is 10. The average molecular weight is 387 g/mol. The van der Waals surface area contributed by atoms with Gasteiger partial charge in [0.05, 0.1) is 5.92 Å². The summed E-state index contributed by atoms with van der Waals surface area (Å²) in [6.07, 6.45) is 13.3. The van der Waals surface area contributed by atoms with E-state index in [0.717, 1.165) is 6.42 Å². The van der Waals surface area contributed by atoms with E-state index in [0.29, 0.717) is 31.4 Å². The number of hydrogen-bond acceptors (Lipinski definition) is 4. The Kier molecular flexibility index (Phi) is 9.81. The van der Waals surface area contributed by atoms with Gasteiger partial charge < -0.3 is 9.47 Å². The highest BCUT2D eigenvalue weighted by molar-refractivity contribution is 5.82. The Balaban J connectivity index is 1.70. The average Bonchev–Trinajstić information content (AvgIpc) is 2.70. The van der Waals surface area contributed by atoms with Crippen LogP contribution in [0.15, 0.2) is 36.4 Å². The van der Waals surface area contributed by atoms with Crippen LogP contribution in [0.3, 0.4) is 0 Å². The summed E-state index contributed by atoms with van der Waals surface area (Å²) in [5, 5.41) is 0. The van der Waals surface area contributed by atoms with Gasteiger partial charge in [-0.05, 0) is 63.1 Å². The Morgan fingerprint density at radius 2 is 1.68 bits per heavy atom. The highest BCUT2D eigenvalue weighted by atomic mass is 16.5. The van der Waals surface area contributed by atoms with Gasteiger partial charge in [0.15, 0.2) is 0 Å². The van der Waals surface area contributed by atoms with E-state index in [1.54, 1.807) is 13.0 Å². The van der Waals surface area contributed by atoms with Gasteiger partial charge in [-0.25, -0.2) is 4.79 Å². The molecule has 1 fully saturated rings. The molecule has 0 heterocycles. The molecule has 0 aliphatic heterocycles. The molecule has 4 nitrogen and oxygen atoms in total. The maximum Gasteiger partial charge on any atom is 0.330 e. The van der Waals surface area contributed by atoms with Gasteiger partial charge in [0.2, 0.25) is 0 Å². The molecule has 0 radical (unpaired) electrons. The molecule has 28 heavy (non-hydrogen) atoms. The van der Waals surface area contributed by atoms with Gasteiger partial charge in [0.25, 0.3) is 0 Å². The lowest BCUT2D eigenvalue weighted by Crippen LogP contribution is -2.29. The highest BCUT2D eigenvalue weighted by Gasteiger charge is 2.29. The van der Waals surface area contributed by atoms with E-state index in [1.807, 2.05) is 12.1 Å². The minimum absolute atomic E-state index is 0.0932. The lowest BCUT2D eigenvalue weighted by molar-refractivity contribution is -0.147. The van der Waals surface area contributed by atoms with Crippen molar-refractivity contribution in [2.24, 2.45) is 5.92 Å². The third-order valence-corrected chi connectivity index (χ3v) is 5.30. The number of hydrogen-bond donors (Lipinski definition) is 0. The summed E-state index contributed by atoms with van der Waals surface area (Å²) in [6, 6.07) is 7.90. The summed E-state index contributed by atoms with van der Waals surface area (Å²) in [4.78, 5) is 23.9. The first-order chi connectivity index (χ1) is 13.6. The van der Waals surface area contributed by atoms with Crippen LogP contribution in [0.25, 0.3) is 0 Å². The summed E-state index contributed by atoms with van der Waals surface area (Å²) in [6.45, 7) is 4.01. The van der Waals surface area contributed by atoms with Gasteiger partial charge in [-0.3, -0.25) is 4.79 Å². The Morgan fingerprint density at radius 3 is 2.32 bits per heavy atom. The van der Waals surface area contributed by atoms with Crippen molar-refractivity contribution in [1.82, 2.24) is 0 Å².